The first kappa shape index (κ1) is 28.4. The molecule has 1 unspecified atom stereocenters. The Hall–Kier alpha value is -4.09. The lowest BCUT2D eigenvalue weighted by atomic mass is 10.1. The molecule has 0 spiro atoms. The molecule has 10 heteroatoms. The van der Waals surface area contributed by atoms with Crippen molar-refractivity contribution in [2.75, 3.05) is 38.5 Å². The predicted molar refractivity (Wildman–Crippen MR) is 163 cm³/mol. The zero-order chi connectivity index (χ0) is 28.8. The number of hydrogen-bond donors (Lipinski definition) is 4. The van der Waals surface area contributed by atoms with Gasteiger partial charge in [-0.15, -0.1) is 0 Å². The fraction of sp³-hybridized carbons (Fsp3) is 0.226. The molecule has 4 aromatic carbocycles. The van der Waals surface area contributed by atoms with E-state index in [0.717, 1.165) is 32.0 Å². The van der Waals surface area contributed by atoms with Crippen LogP contribution < -0.4 is 19.5 Å². The van der Waals surface area contributed by atoms with Crippen LogP contribution in [0.2, 0.25) is 0 Å². The highest BCUT2D eigenvalue weighted by molar-refractivity contribution is 7.90. The second kappa shape index (κ2) is 12.6. The molecule has 5 rings (SSSR count). The van der Waals surface area contributed by atoms with E-state index < -0.39 is 16.3 Å². The molecule has 5 aromatic rings. The number of anilines is 1. The summed E-state index contributed by atoms with van der Waals surface area (Å²) in [5.41, 5.74) is 3.85. The number of aliphatic hydroxyl groups excluding tert-OH is 1. The number of aromatic amines is 1. The molecular formula is C31H34N4O5S. The van der Waals surface area contributed by atoms with E-state index in [0.29, 0.717) is 24.5 Å². The number of nitrogens with one attached hydrogen (secondary N) is 3. The summed E-state index contributed by atoms with van der Waals surface area (Å²) in [6.07, 6.45) is -0.872. The lowest BCUT2D eigenvalue weighted by Crippen LogP contribution is -2.29. The number of nitrogens with zero attached hydrogens (tertiary/aromatic N) is 1. The van der Waals surface area contributed by atoms with Crippen molar-refractivity contribution in [2.45, 2.75) is 12.7 Å². The minimum atomic E-state index is -3.78. The van der Waals surface area contributed by atoms with Gasteiger partial charge >= 0.3 is 10.2 Å². The molecule has 0 saturated carbocycles. The fourth-order valence-corrected chi connectivity index (χ4v) is 5.07. The number of benzene rings is 4. The van der Waals surface area contributed by atoms with Crippen molar-refractivity contribution >= 4 is 37.7 Å². The number of fused-ring (bicyclic) bond motifs is 3. The highest BCUT2D eigenvalue weighted by atomic mass is 32.2. The number of rotatable bonds is 13. The van der Waals surface area contributed by atoms with Crippen LogP contribution in [0.4, 0.5) is 5.69 Å². The lowest BCUT2D eigenvalue weighted by molar-refractivity contribution is 0.172. The SMILES string of the molecule is CN(C)S(=O)(=O)Nc1cc(C(O)CNCCOc2ccc3c(c2)[nH]c2ccccc23)ccc1OCc1ccccc1. The van der Waals surface area contributed by atoms with Gasteiger partial charge in [0.05, 0.1) is 17.3 Å². The van der Waals surface area contributed by atoms with Crippen molar-refractivity contribution < 1.29 is 23.0 Å². The van der Waals surface area contributed by atoms with Crippen LogP contribution in [0.3, 0.4) is 0 Å². The first-order valence-electron chi connectivity index (χ1n) is 13.3. The Morgan fingerprint density at radius 1 is 0.878 bits per heavy atom. The third-order valence-electron chi connectivity index (χ3n) is 6.71. The summed E-state index contributed by atoms with van der Waals surface area (Å²) in [6, 6.07) is 28.8. The number of ether oxygens (including phenoxy) is 2. The minimum absolute atomic E-state index is 0.252. The van der Waals surface area contributed by atoms with E-state index in [1.807, 2.05) is 54.6 Å². The van der Waals surface area contributed by atoms with E-state index in [-0.39, 0.29) is 18.8 Å². The van der Waals surface area contributed by atoms with E-state index >= 15 is 0 Å². The summed E-state index contributed by atoms with van der Waals surface area (Å²) < 4.78 is 40.6. The first-order chi connectivity index (χ1) is 19.8. The predicted octanol–water partition coefficient (Wildman–Crippen LogP) is 4.82. The molecule has 41 heavy (non-hydrogen) atoms. The van der Waals surface area contributed by atoms with E-state index in [2.05, 4.69) is 33.2 Å². The van der Waals surface area contributed by atoms with Gasteiger partial charge in [0.2, 0.25) is 0 Å². The number of aromatic nitrogens is 1. The molecular weight excluding hydrogens is 540 g/mol. The maximum Gasteiger partial charge on any atom is 0.301 e. The molecule has 0 saturated heterocycles. The Morgan fingerprint density at radius 3 is 2.44 bits per heavy atom. The summed E-state index contributed by atoms with van der Waals surface area (Å²) in [5.74, 6) is 1.12. The molecule has 0 fully saturated rings. The van der Waals surface area contributed by atoms with Crippen LogP contribution in [0.15, 0.2) is 91.0 Å². The molecule has 214 valence electrons. The quantitative estimate of drug-likeness (QED) is 0.150. The average Bonchev–Trinajstić information content (AvgIpc) is 3.34. The first-order valence-corrected chi connectivity index (χ1v) is 14.8. The Bertz CT molecular complexity index is 1720. The van der Waals surface area contributed by atoms with Crippen molar-refractivity contribution in [2.24, 2.45) is 0 Å². The molecule has 0 aliphatic rings. The topological polar surface area (TPSA) is 116 Å². The molecule has 1 heterocycles. The average molecular weight is 575 g/mol. The summed E-state index contributed by atoms with van der Waals surface area (Å²) in [7, 11) is -0.904. The van der Waals surface area contributed by atoms with Crippen LogP contribution in [-0.4, -0.2) is 56.6 Å². The normalized spacial score (nSPS) is 12.6. The van der Waals surface area contributed by atoms with Crippen molar-refractivity contribution in [1.82, 2.24) is 14.6 Å². The number of hydrogen-bond acceptors (Lipinski definition) is 6. The second-order valence-electron chi connectivity index (χ2n) is 9.87. The van der Waals surface area contributed by atoms with Crippen LogP contribution in [0.1, 0.15) is 17.2 Å². The fourth-order valence-electron chi connectivity index (χ4n) is 4.45. The van der Waals surface area contributed by atoms with Gasteiger partial charge in [0.1, 0.15) is 24.7 Å². The van der Waals surface area contributed by atoms with Crippen LogP contribution in [0.25, 0.3) is 21.8 Å². The zero-order valence-corrected chi connectivity index (χ0v) is 23.8. The van der Waals surface area contributed by atoms with Crippen LogP contribution in [0.5, 0.6) is 11.5 Å². The minimum Gasteiger partial charge on any atom is -0.492 e. The van der Waals surface area contributed by atoms with Crippen molar-refractivity contribution in [3.63, 3.8) is 0 Å². The Kier molecular flexibility index (Phi) is 8.75. The van der Waals surface area contributed by atoms with Gasteiger partial charge in [-0.05, 0) is 41.5 Å². The smallest absolute Gasteiger partial charge is 0.301 e. The third kappa shape index (κ3) is 6.98. The molecule has 1 atom stereocenters. The van der Waals surface area contributed by atoms with Gasteiger partial charge < -0.3 is 24.9 Å². The van der Waals surface area contributed by atoms with Gasteiger partial charge in [-0.2, -0.15) is 12.7 Å². The third-order valence-corrected chi connectivity index (χ3v) is 8.15. The largest absolute Gasteiger partial charge is 0.492 e. The molecule has 0 aliphatic heterocycles. The highest BCUT2D eigenvalue weighted by Gasteiger charge is 2.18. The van der Waals surface area contributed by atoms with Gasteiger partial charge in [0.25, 0.3) is 0 Å². The van der Waals surface area contributed by atoms with Gasteiger partial charge in [-0.25, -0.2) is 0 Å². The van der Waals surface area contributed by atoms with Gasteiger partial charge in [-0.1, -0.05) is 54.6 Å². The van der Waals surface area contributed by atoms with Gasteiger partial charge in [-0.3, -0.25) is 4.72 Å². The maximum atomic E-state index is 12.6. The van der Waals surface area contributed by atoms with Crippen molar-refractivity contribution in [1.29, 1.82) is 0 Å². The lowest BCUT2D eigenvalue weighted by Gasteiger charge is -2.19. The molecule has 9 nitrogen and oxygen atoms in total. The maximum absolute atomic E-state index is 12.6. The Morgan fingerprint density at radius 2 is 1.63 bits per heavy atom. The van der Waals surface area contributed by atoms with E-state index in [4.69, 9.17) is 9.47 Å². The second-order valence-corrected chi connectivity index (χ2v) is 11.8. The molecule has 0 bridgehead atoms. The summed E-state index contributed by atoms with van der Waals surface area (Å²) in [5, 5.41) is 16.3. The van der Waals surface area contributed by atoms with Crippen molar-refractivity contribution in [3.8, 4) is 11.5 Å². The highest BCUT2D eigenvalue weighted by Crippen LogP contribution is 2.31. The summed E-state index contributed by atoms with van der Waals surface area (Å²) >= 11 is 0. The van der Waals surface area contributed by atoms with Crippen LogP contribution in [-0.2, 0) is 16.8 Å². The monoisotopic (exact) mass is 574 g/mol. The Labute approximate surface area is 239 Å². The van der Waals surface area contributed by atoms with E-state index in [1.165, 1.54) is 19.5 Å². The number of H-pyrrole nitrogens is 1. The van der Waals surface area contributed by atoms with Gasteiger partial charge in [0, 0.05) is 49.5 Å². The van der Waals surface area contributed by atoms with Gasteiger partial charge in [0.15, 0.2) is 0 Å². The Balaban J connectivity index is 1.18. The standard InChI is InChI=1S/C31H34N4O5S/c1-35(2)41(37,38)34-29-18-23(12-15-31(29)40-21-22-8-4-3-5-9-22)30(36)20-32-16-17-39-24-13-14-26-25-10-6-7-11-27(25)33-28(26)19-24/h3-15,18-19,30,32-34,36H,16-17,20-21H2,1-2H3. The van der Waals surface area contributed by atoms with E-state index in [9.17, 15) is 13.5 Å². The molecule has 1 aromatic heterocycles. The molecule has 0 radical (unpaired) electrons. The van der Waals surface area contributed by atoms with Crippen molar-refractivity contribution in [3.05, 3.63) is 102 Å². The number of aliphatic hydroxyl groups is 1. The summed E-state index contributed by atoms with van der Waals surface area (Å²) in [6.45, 7) is 1.46. The molecule has 0 aliphatic carbocycles. The molecule has 0 amide bonds. The van der Waals surface area contributed by atoms with Crippen LogP contribution in [0, 0.1) is 0 Å². The van der Waals surface area contributed by atoms with Crippen LogP contribution >= 0.6 is 0 Å². The zero-order valence-electron chi connectivity index (χ0n) is 23.0. The number of para-hydroxylation sites is 1. The van der Waals surface area contributed by atoms with E-state index in [1.54, 1.807) is 18.2 Å². The summed E-state index contributed by atoms with van der Waals surface area (Å²) in [4.78, 5) is 3.41. The molecule has 4 N–H and O–H groups in total.